The zero-order valence-electron chi connectivity index (χ0n) is 9.02. The smallest absolute Gasteiger partial charge is 0.0696 e. The van der Waals surface area contributed by atoms with Gasteiger partial charge in [-0.3, -0.25) is 0 Å². The maximum absolute atomic E-state index is 9.95. The molecule has 15 heavy (non-hydrogen) atoms. The van der Waals surface area contributed by atoms with Gasteiger partial charge in [0.15, 0.2) is 0 Å². The molecule has 2 nitrogen and oxygen atoms in total. The molecule has 0 amide bonds. The minimum Gasteiger partial charge on any atom is -0.391 e. The maximum Gasteiger partial charge on any atom is 0.0696 e. The summed E-state index contributed by atoms with van der Waals surface area (Å²) in [6.07, 6.45) is 3.97. The van der Waals surface area contributed by atoms with Crippen LogP contribution in [0.15, 0.2) is 30.3 Å². The second-order valence-electron chi connectivity index (χ2n) is 4.29. The Morgan fingerprint density at radius 3 is 2.80 bits per heavy atom. The minimum absolute atomic E-state index is 0.187. The highest BCUT2D eigenvalue weighted by Crippen LogP contribution is 2.14. The molecule has 1 aromatic carbocycles. The molecule has 0 aromatic heterocycles. The minimum atomic E-state index is -0.187. The van der Waals surface area contributed by atoms with E-state index in [1.807, 2.05) is 6.07 Å². The van der Waals surface area contributed by atoms with Crippen LogP contribution in [0.1, 0.15) is 24.8 Å². The summed E-state index contributed by atoms with van der Waals surface area (Å²) in [7, 11) is 0. The van der Waals surface area contributed by atoms with Gasteiger partial charge in [-0.05, 0) is 37.8 Å². The van der Waals surface area contributed by atoms with Gasteiger partial charge >= 0.3 is 0 Å². The van der Waals surface area contributed by atoms with E-state index in [4.69, 9.17) is 0 Å². The topological polar surface area (TPSA) is 32.3 Å². The molecule has 1 saturated heterocycles. The molecule has 1 heterocycles. The first-order valence-electron chi connectivity index (χ1n) is 5.81. The molecule has 2 rings (SSSR count). The van der Waals surface area contributed by atoms with E-state index in [0.717, 1.165) is 25.8 Å². The molecular weight excluding hydrogens is 186 g/mol. The highest BCUT2D eigenvalue weighted by atomic mass is 16.3. The van der Waals surface area contributed by atoms with Crippen molar-refractivity contribution in [3.63, 3.8) is 0 Å². The van der Waals surface area contributed by atoms with Crippen LogP contribution in [-0.2, 0) is 6.42 Å². The highest BCUT2D eigenvalue weighted by Gasteiger charge is 2.21. The fraction of sp³-hybridized carbons (Fsp3) is 0.538. The average Bonchev–Trinajstić information content (AvgIpc) is 2.81. The van der Waals surface area contributed by atoms with Crippen LogP contribution in [0.4, 0.5) is 0 Å². The molecule has 2 N–H and O–H groups in total. The number of benzene rings is 1. The molecular formula is C13H19NO. The molecule has 0 radical (unpaired) electrons. The Morgan fingerprint density at radius 2 is 2.13 bits per heavy atom. The number of hydrogen-bond donors (Lipinski definition) is 2. The Balaban J connectivity index is 1.77. The Labute approximate surface area is 91.3 Å². The average molecular weight is 205 g/mol. The van der Waals surface area contributed by atoms with E-state index in [-0.39, 0.29) is 6.10 Å². The summed E-state index contributed by atoms with van der Waals surface area (Å²) in [5.74, 6) is 0. The van der Waals surface area contributed by atoms with Crippen molar-refractivity contribution in [3.05, 3.63) is 35.9 Å². The van der Waals surface area contributed by atoms with Gasteiger partial charge in [-0.25, -0.2) is 0 Å². The van der Waals surface area contributed by atoms with Crippen molar-refractivity contribution in [1.29, 1.82) is 0 Å². The summed E-state index contributed by atoms with van der Waals surface area (Å²) < 4.78 is 0. The molecule has 0 aliphatic carbocycles. The summed E-state index contributed by atoms with van der Waals surface area (Å²) in [6, 6.07) is 10.7. The zero-order chi connectivity index (χ0) is 10.5. The Bertz CT molecular complexity index is 280. The summed E-state index contributed by atoms with van der Waals surface area (Å²) >= 11 is 0. The number of aryl methyl sites for hydroxylation is 1. The number of nitrogens with one attached hydrogen (secondary N) is 1. The van der Waals surface area contributed by atoms with E-state index in [1.54, 1.807) is 0 Å². The molecule has 1 aliphatic heterocycles. The van der Waals surface area contributed by atoms with Crippen molar-refractivity contribution in [2.24, 2.45) is 0 Å². The fourth-order valence-electron chi connectivity index (χ4n) is 2.20. The lowest BCUT2D eigenvalue weighted by Crippen LogP contribution is -2.34. The van der Waals surface area contributed by atoms with Crippen LogP contribution >= 0.6 is 0 Å². The standard InChI is InChI=1S/C13H19NO/c15-13(12-7-4-10-14-12)9-8-11-5-2-1-3-6-11/h1-3,5-6,12-15H,4,7-10H2. The van der Waals surface area contributed by atoms with Crippen LogP contribution in [0.25, 0.3) is 0 Å². The van der Waals surface area contributed by atoms with Crippen LogP contribution in [0.5, 0.6) is 0 Å². The molecule has 0 bridgehead atoms. The molecule has 2 unspecified atom stereocenters. The van der Waals surface area contributed by atoms with Crippen LogP contribution in [-0.4, -0.2) is 23.8 Å². The highest BCUT2D eigenvalue weighted by molar-refractivity contribution is 5.14. The number of rotatable bonds is 4. The lowest BCUT2D eigenvalue weighted by molar-refractivity contribution is 0.127. The normalized spacial score (nSPS) is 22.9. The van der Waals surface area contributed by atoms with Gasteiger partial charge in [0.05, 0.1) is 6.10 Å². The summed E-state index contributed by atoms with van der Waals surface area (Å²) in [5, 5.41) is 13.3. The van der Waals surface area contributed by atoms with E-state index in [1.165, 1.54) is 12.0 Å². The third-order valence-electron chi connectivity index (χ3n) is 3.13. The first-order valence-corrected chi connectivity index (χ1v) is 5.81. The third-order valence-corrected chi connectivity index (χ3v) is 3.13. The van der Waals surface area contributed by atoms with E-state index < -0.39 is 0 Å². The summed E-state index contributed by atoms with van der Waals surface area (Å²) in [5.41, 5.74) is 1.31. The van der Waals surface area contributed by atoms with Crippen LogP contribution < -0.4 is 5.32 Å². The first kappa shape index (κ1) is 10.7. The maximum atomic E-state index is 9.95. The second kappa shape index (κ2) is 5.29. The Kier molecular flexibility index (Phi) is 3.75. The van der Waals surface area contributed by atoms with Crippen molar-refractivity contribution in [1.82, 2.24) is 5.32 Å². The van der Waals surface area contributed by atoms with Crippen LogP contribution in [0.3, 0.4) is 0 Å². The SMILES string of the molecule is OC(CCc1ccccc1)C1CCCN1. The van der Waals surface area contributed by atoms with Gasteiger partial charge < -0.3 is 10.4 Å². The van der Waals surface area contributed by atoms with E-state index >= 15 is 0 Å². The lowest BCUT2D eigenvalue weighted by Gasteiger charge is -2.17. The van der Waals surface area contributed by atoms with Gasteiger partial charge in [0.1, 0.15) is 0 Å². The monoisotopic (exact) mass is 205 g/mol. The van der Waals surface area contributed by atoms with E-state index in [0.29, 0.717) is 6.04 Å². The van der Waals surface area contributed by atoms with Crippen molar-refractivity contribution < 1.29 is 5.11 Å². The molecule has 2 heteroatoms. The molecule has 0 saturated carbocycles. The molecule has 1 aromatic rings. The first-order chi connectivity index (χ1) is 7.36. The number of aliphatic hydroxyl groups excluding tert-OH is 1. The molecule has 1 fully saturated rings. The molecule has 0 spiro atoms. The van der Waals surface area contributed by atoms with Gasteiger partial charge in [-0.2, -0.15) is 0 Å². The van der Waals surface area contributed by atoms with Crippen molar-refractivity contribution in [2.75, 3.05) is 6.54 Å². The van der Waals surface area contributed by atoms with Gasteiger partial charge in [-0.1, -0.05) is 30.3 Å². The molecule has 1 aliphatic rings. The predicted octanol–water partition coefficient (Wildman–Crippen LogP) is 1.73. The largest absolute Gasteiger partial charge is 0.391 e. The van der Waals surface area contributed by atoms with Crippen molar-refractivity contribution >= 4 is 0 Å². The van der Waals surface area contributed by atoms with Crippen LogP contribution in [0, 0.1) is 0 Å². The summed E-state index contributed by atoms with van der Waals surface area (Å²) in [6.45, 7) is 1.06. The lowest BCUT2D eigenvalue weighted by atomic mass is 10.0. The number of aliphatic hydroxyl groups is 1. The van der Waals surface area contributed by atoms with Gasteiger partial charge in [0, 0.05) is 6.04 Å². The van der Waals surface area contributed by atoms with Gasteiger partial charge in [0.25, 0.3) is 0 Å². The molecule has 82 valence electrons. The second-order valence-corrected chi connectivity index (χ2v) is 4.29. The fourth-order valence-corrected chi connectivity index (χ4v) is 2.20. The van der Waals surface area contributed by atoms with Crippen LogP contribution in [0.2, 0.25) is 0 Å². The van der Waals surface area contributed by atoms with Crippen molar-refractivity contribution in [3.8, 4) is 0 Å². The predicted molar refractivity (Wildman–Crippen MR) is 61.8 cm³/mol. The van der Waals surface area contributed by atoms with Gasteiger partial charge in [-0.15, -0.1) is 0 Å². The molecule has 2 atom stereocenters. The quantitative estimate of drug-likeness (QED) is 0.784. The number of hydrogen-bond acceptors (Lipinski definition) is 2. The third kappa shape index (κ3) is 3.05. The van der Waals surface area contributed by atoms with Gasteiger partial charge in [0.2, 0.25) is 0 Å². The van der Waals surface area contributed by atoms with E-state index in [9.17, 15) is 5.11 Å². The zero-order valence-corrected chi connectivity index (χ0v) is 9.02. The van der Waals surface area contributed by atoms with Crippen molar-refractivity contribution in [2.45, 2.75) is 37.8 Å². The Morgan fingerprint density at radius 1 is 1.33 bits per heavy atom. The Hall–Kier alpha value is -0.860. The summed E-state index contributed by atoms with van der Waals surface area (Å²) in [4.78, 5) is 0. The van der Waals surface area contributed by atoms with E-state index in [2.05, 4.69) is 29.6 Å².